The predicted molar refractivity (Wildman–Crippen MR) is 161 cm³/mol. The molecule has 0 unspecified atom stereocenters. The molecule has 0 aliphatic carbocycles. The maximum Gasteiger partial charge on any atom is 0.161 e. The van der Waals surface area contributed by atoms with E-state index in [9.17, 15) is 0 Å². The minimum Gasteiger partial charge on any atom is -0.487 e. The standard InChI is InChI=1S/C34H44O7/c1-33(2,3)25-11-13-29-31(23-25)40-21-19-38-27-9-7-8-10-28(27)39-20-22-41-32-24-26(34(4,5)6)12-14-30(32)37-18-16-35-15-17-36-29/h7-14,23-24H,15-22H2,1-6H3. The number of ether oxygens (including phenoxy) is 7. The molecular formula is C34H44O7. The highest BCUT2D eigenvalue weighted by Gasteiger charge is 2.19. The Hall–Kier alpha value is -3.58. The van der Waals surface area contributed by atoms with Crippen LogP contribution in [0.5, 0.6) is 34.5 Å². The zero-order valence-corrected chi connectivity index (χ0v) is 25.3. The molecule has 7 nitrogen and oxygen atoms in total. The molecule has 1 aliphatic heterocycles. The van der Waals surface area contributed by atoms with Gasteiger partial charge in [-0.15, -0.1) is 0 Å². The van der Waals surface area contributed by atoms with Crippen LogP contribution in [0.2, 0.25) is 0 Å². The molecule has 0 radical (unpaired) electrons. The van der Waals surface area contributed by atoms with Gasteiger partial charge in [0.05, 0.1) is 13.2 Å². The third kappa shape index (κ3) is 8.95. The van der Waals surface area contributed by atoms with E-state index in [1.54, 1.807) is 0 Å². The zero-order valence-electron chi connectivity index (χ0n) is 25.3. The molecule has 7 heteroatoms. The third-order valence-electron chi connectivity index (χ3n) is 6.64. The van der Waals surface area contributed by atoms with E-state index in [4.69, 9.17) is 33.2 Å². The quantitative estimate of drug-likeness (QED) is 0.292. The van der Waals surface area contributed by atoms with E-state index in [1.807, 2.05) is 48.5 Å². The average Bonchev–Trinajstić information content (AvgIpc) is 2.93. The van der Waals surface area contributed by atoms with Crippen LogP contribution in [-0.2, 0) is 15.6 Å². The number of benzene rings is 3. The van der Waals surface area contributed by atoms with Crippen LogP contribution in [0.25, 0.3) is 0 Å². The highest BCUT2D eigenvalue weighted by Crippen LogP contribution is 2.35. The van der Waals surface area contributed by atoms with Crippen molar-refractivity contribution in [2.45, 2.75) is 52.4 Å². The first-order chi connectivity index (χ1) is 19.6. The van der Waals surface area contributed by atoms with Crippen molar-refractivity contribution in [1.82, 2.24) is 0 Å². The molecule has 0 saturated heterocycles. The summed E-state index contributed by atoms with van der Waals surface area (Å²) < 4.78 is 42.2. The molecule has 41 heavy (non-hydrogen) atoms. The molecule has 0 spiro atoms. The van der Waals surface area contributed by atoms with E-state index in [0.717, 1.165) is 11.1 Å². The lowest BCUT2D eigenvalue weighted by Gasteiger charge is -2.22. The van der Waals surface area contributed by atoms with E-state index in [-0.39, 0.29) is 10.8 Å². The second-order valence-corrected chi connectivity index (χ2v) is 12.0. The largest absolute Gasteiger partial charge is 0.487 e. The topological polar surface area (TPSA) is 64.6 Å². The Morgan fingerprint density at radius 2 is 0.707 bits per heavy atom. The summed E-state index contributed by atoms with van der Waals surface area (Å²) in [5.41, 5.74) is 2.28. The van der Waals surface area contributed by atoms with Gasteiger partial charge in [0.25, 0.3) is 0 Å². The molecule has 0 amide bonds. The van der Waals surface area contributed by atoms with Crippen molar-refractivity contribution in [1.29, 1.82) is 0 Å². The van der Waals surface area contributed by atoms with Crippen molar-refractivity contribution in [3.63, 3.8) is 0 Å². The van der Waals surface area contributed by atoms with Gasteiger partial charge in [0, 0.05) is 0 Å². The van der Waals surface area contributed by atoms with E-state index < -0.39 is 0 Å². The van der Waals surface area contributed by atoms with E-state index in [2.05, 4.69) is 53.7 Å². The van der Waals surface area contributed by atoms with E-state index in [1.165, 1.54) is 0 Å². The van der Waals surface area contributed by atoms with Crippen molar-refractivity contribution in [3.8, 4) is 34.5 Å². The monoisotopic (exact) mass is 564 g/mol. The highest BCUT2D eigenvalue weighted by molar-refractivity contribution is 5.46. The molecule has 3 aromatic carbocycles. The van der Waals surface area contributed by atoms with Gasteiger partial charge >= 0.3 is 0 Å². The van der Waals surface area contributed by atoms with Gasteiger partial charge in [0.1, 0.15) is 39.6 Å². The van der Waals surface area contributed by atoms with Crippen LogP contribution in [0.1, 0.15) is 52.7 Å². The molecular weight excluding hydrogens is 520 g/mol. The molecule has 0 atom stereocenters. The summed E-state index contributed by atoms with van der Waals surface area (Å²) in [7, 11) is 0. The van der Waals surface area contributed by atoms with Gasteiger partial charge in [-0.3, -0.25) is 0 Å². The summed E-state index contributed by atoms with van der Waals surface area (Å²) in [6.07, 6.45) is 0. The normalized spacial score (nSPS) is 15.9. The van der Waals surface area contributed by atoms with Crippen LogP contribution in [0, 0.1) is 0 Å². The third-order valence-corrected chi connectivity index (χ3v) is 6.64. The summed E-state index contributed by atoms with van der Waals surface area (Å²) in [4.78, 5) is 0. The van der Waals surface area contributed by atoms with Crippen LogP contribution in [0.3, 0.4) is 0 Å². The molecule has 3 aromatic rings. The fourth-order valence-electron chi connectivity index (χ4n) is 4.23. The molecule has 0 N–H and O–H groups in total. The fraction of sp³-hybridized carbons (Fsp3) is 0.471. The molecule has 0 bridgehead atoms. The minimum absolute atomic E-state index is 0.0210. The number of hydrogen-bond donors (Lipinski definition) is 0. The molecule has 4 rings (SSSR count). The lowest BCUT2D eigenvalue weighted by atomic mass is 9.87. The SMILES string of the molecule is CC(C)(C)c1ccc2c(c1)OCCOc1ccccc1OCCOc1cc(C(C)(C)C)ccc1OCCOCCO2. The first-order valence-electron chi connectivity index (χ1n) is 14.3. The predicted octanol–water partition coefficient (Wildman–Crippen LogP) is 6.99. The molecule has 1 aliphatic rings. The van der Waals surface area contributed by atoms with Crippen LogP contribution in [-0.4, -0.2) is 52.9 Å². The summed E-state index contributed by atoms with van der Waals surface area (Å²) in [5, 5.41) is 0. The molecule has 0 fully saturated rings. The summed E-state index contributed by atoms with van der Waals surface area (Å²) in [6.45, 7) is 16.1. The number of hydrogen-bond acceptors (Lipinski definition) is 7. The van der Waals surface area contributed by atoms with Gasteiger partial charge in [0.2, 0.25) is 0 Å². The Morgan fingerprint density at radius 1 is 0.390 bits per heavy atom. The molecule has 0 saturated carbocycles. The first kappa shape index (κ1) is 30.4. The first-order valence-corrected chi connectivity index (χ1v) is 14.3. The van der Waals surface area contributed by atoms with Crippen LogP contribution in [0.15, 0.2) is 60.7 Å². The summed E-state index contributed by atoms with van der Waals surface area (Å²) in [5.74, 6) is 4.02. The maximum absolute atomic E-state index is 6.13. The van der Waals surface area contributed by atoms with Crippen molar-refractivity contribution in [2.75, 3.05) is 52.9 Å². The van der Waals surface area contributed by atoms with Gasteiger partial charge in [-0.1, -0.05) is 65.8 Å². The van der Waals surface area contributed by atoms with Crippen molar-refractivity contribution in [2.24, 2.45) is 0 Å². The Kier molecular flexibility index (Phi) is 10.3. The van der Waals surface area contributed by atoms with Crippen LogP contribution in [0.4, 0.5) is 0 Å². The van der Waals surface area contributed by atoms with Crippen molar-refractivity contribution >= 4 is 0 Å². The lowest BCUT2D eigenvalue weighted by molar-refractivity contribution is 0.0743. The number of fused-ring (bicyclic) bond motifs is 3. The van der Waals surface area contributed by atoms with Gasteiger partial charge in [-0.25, -0.2) is 0 Å². The van der Waals surface area contributed by atoms with Gasteiger partial charge in [0.15, 0.2) is 34.5 Å². The second kappa shape index (κ2) is 13.9. The molecule has 1 heterocycles. The zero-order chi connectivity index (χ0) is 29.3. The highest BCUT2D eigenvalue weighted by atomic mass is 16.6. The number of para-hydroxylation sites is 2. The van der Waals surface area contributed by atoms with Crippen LogP contribution >= 0.6 is 0 Å². The second-order valence-electron chi connectivity index (χ2n) is 12.0. The fourth-order valence-corrected chi connectivity index (χ4v) is 4.23. The Bertz CT molecular complexity index is 1160. The maximum atomic E-state index is 6.13. The van der Waals surface area contributed by atoms with E-state index >= 15 is 0 Å². The molecule has 0 aromatic heterocycles. The van der Waals surface area contributed by atoms with Crippen molar-refractivity contribution < 1.29 is 33.2 Å². The minimum atomic E-state index is -0.0210. The van der Waals surface area contributed by atoms with Crippen molar-refractivity contribution in [3.05, 3.63) is 71.8 Å². The molecule has 222 valence electrons. The van der Waals surface area contributed by atoms with Gasteiger partial charge in [-0.05, 0) is 58.4 Å². The average molecular weight is 565 g/mol. The van der Waals surface area contributed by atoms with Crippen LogP contribution < -0.4 is 28.4 Å². The smallest absolute Gasteiger partial charge is 0.161 e. The summed E-state index contributed by atoms with van der Waals surface area (Å²) >= 11 is 0. The van der Waals surface area contributed by atoms with Gasteiger partial charge < -0.3 is 33.2 Å². The Balaban J connectivity index is 1.50. The van der Waals surface area contributed by atoms with E-state index in [0.29, 0.717) is 87.4 Å². The van der Waals surface area contributed by atoms with Gasteiger partial charge in [-0.2, -0.15) is 0 Å². The number of rotatable bonds is 0. The lowest BCUT2D eigenvalue weighted by Crippen LogP contribution is -2.15. The Labute approximate surface area is 244 Å². The Morgan fingerprint density at radius 3 is 1.07 bits per heavy atom. The summed E-state index contributed by atoms with van der Waals surface area (Å²) in [6, 6.07) is 19.8.